The van der Waals surface area contributed by atoms with Crippen molar-refractivity contribution >= 4 is 11.9 Å². The summed E-state index contributed by atoms with van der Waals surface area (Å²) in [4.78, 5) is 23.5. The van der Waals surface area contributed by atoms with Crippen molar-refractivity contribution in [2.75, 3.05) is 0 Å². The van der Waals surface area contributed by atoms with Crippen molar-refractivity contribution in [2.24, 2.45) is 17.8 Å². The van der Waals surface area contributed by atoms with Crippen LogP contribution in [0.2, 0.25) is 0 Å². The normalized spacial score (nSPS) is 45.9. The molecule has 0 bridgehead atoms. The van der Waals surface area contributed by atoms with Crippen LogP contribution in [-0.4, -0.2) is 23.6 Å². The molecular formula is C15H20O4. The molecule has 3 aliphatic rings. The molecule has 3 fully saturated rings. The molecule has 0 aromatic rings. The number of hydrogen-bond acceptors (Lipinski definition) is 4. The minimum Gasteiger partial charge on any atom is -0.455 e. The number of fused-ring (bicyclic) bond motifs is 3. The number of carbonyl (C=O) groups excluding carboxylic acids is 2. The van der Waals surface area contributed by atoms with Crippen LogP contribution in [0.5, 0.6) is 0 Å². The van der Waals surface area contributed by atoms with Crippen LogP contribution in [0.1, 0.15) is 39.5 Å². The molecule has 2 saturated heterocycles. The fourth-order valence-electron chi connectivity index (χ4n) is 4.14. The molecule has 0 radical (unpaired) electrons. The molecule has 4 heteroatoms. The Kier molecular flexibility index (Phi) is 2.73. The Morgan fingerprint density at radius 1 is 1.26 bits per heavy atom. The zero-order valence-electron chi connectivity index (χ0n) is 11.5. The Balaban J connectivity index is 2.02. The van der Waals surface area contributed by atoms with Crippen LogP contribution < -0.4 is 0 Å². The molecule has 0 aromatic carbocycles. The first-order valence-electron chi connectivity index (χ1n) is 7.05. The second kappa shape index (κ2) is 4.09. The highest BCUT2D eigenvalue weighted by atomic mass is 16.6. The summed E-state index contributed by atoms with van der Waals surface area (Å²) < 4.78 is 11.2. The quantitative estimate of drug-likeness (QED) is 0.497. The molecule has 0 N–H and O–H groups in total. The molecule has 19 heavy (non-hydrogen) atoms. The lowest BCUT2D eigenvalue weighted by Gasteiger charge is -2.45. The van der Waals surface area contributed by atoms with Gasteiger partial charge in [-0.1, -0.05) is 13.5 Å². The van der Waals surface area contributed by atoms with E-state index in [2.05, 4.69) is 13.5 Å². The fraction of sp³-hybridized carbons (Fsp3) is 0.733. The van der Waals surface area contributed by atoms with Crippen LogP contribution in [0.4, 0.5) is 0 Å². The highest BCUT2D eigenvalue weighted by molar-refractivity contribution is 5.91. The van der Waals surface area contributed by atoms with Gasteiger partial charge in [-0.3, -0.25) is 4.79 Å². The van der Waals surface area contributed by atoms with Gasteiger partial charge in [0.2, 0.25) is 0 Å². The lowest BCUT2D eigenvalue weighted by molar-refractivity contribution is -0.202. The van der Waals surface area contributed by atoms with E-state index in [1.165, 1.54) is 0 Å². The van der Waals surface area contributed by atoms with Gasteiger partial charge >= 0.3 is 11.9 Å². The van der Waals surface area contributed by atoms with Gasteiger partial charge in [0.15, 0.2) is 0 Å². The van der Waals surface area contributed by atoms with E-state index >= 15 is 0 Å². The maximum Gasteiger partial charge on any atom is 0.334 e. The van der Waals surface area contributed by atoms with Gasteiger partial charge in [-0.25, -0.2) is 4.79 Å². The first-order chi connectivity index (χ1) is 8.93. The van der Waals surface area contributed by atoms with Crippen LogP contribution >= 0.6 is 0 Å². The molecule has 4 nitrogen and oxygen atoms in total. The van der Waals surface area contributed by atoms with Crippen molar-refractivity contribution in [2.45, 2.75) is 51.2 Å². The van der Waals surface area contributed by atoms with E-state index in [9.17, 15) is 9.59 Å². The summed E-state index contributed by atoms with van der Waals surface area (Å²) in [7, 11) is 0. The van der Waals surface area contributed by atoms with Gasteiger partial charge in [-0.2, -0.15) is 0 Å². The SMILES string of the molecule is C=C1C(=O)O[C@H]2[C@H]1CC[C@H](C)[C@H]1CCC(=O)O[C@@]12C. The van der Waals surface area contributed by atoms with E-state index in [0.717, 1.165) is 19.3 Å². The van der Waals surface area contributed by atoms with Crippen molar-refractivity contribution in [3.63, 3.8) is 0 Å². The smallest absolute Gasteiger partial charge is 0.334 e. The average Bonchev–Trinajstić information content (AvgIpc) is 2.58. The third kappa shape index (κ3) is 1.72. The standard InChI is InChI=1S/C15H20O4/c1-8-4-5-10-9(2)14(17)18-13(10)15(3)11(8)6-7-12(16)19-15/h8,10-11,13H,2,4-7H2,1,3H3/t8-,10-,11+,13-,15-/m0/s1. The molecule has 104 valence electrons. The van der Waals surface area contributed by atoms with E-state index in [-0.39, 0.29) is 29.9 Å². The van der Waals surface area contributed by atoms with E-state index < -0.39 is 5.60 Å². The molecule has 0 spiro atoms. The number of ether oxygens (including phenoxy) is 2. The van der Waals surface area contributed by atoms with Gasteiger partial charge in [-0.05, 0) is 32.1 Å². The second-order valence-electron chi connectivity index (χ2n) is 6.32. The van der Waals surface area contributed by atoms with Crippen LogP contribution in [0.15, 0.2) is 12.2 Å². The Bertz CT molecular complexity index is 455. The third-order valence-corrected chi connectivity index (χ3v) is 5.22. The molecule has 3 rings (SSSR count). The monoisotopic (exact) mass is 264 g/mol. The third-order valence-electron chi connectivity index (χ3n) is 5.22. The van der Waals surface area contributed by atoms with Gasteiger partial charge in [0, 0.05) is 23.8 Å². The first kappa shape index (κ1) is 12.7. The number of carbonyl (C=O) groups is 2. The van der Waals surface area contributed by atoms with Crippen LogP contribution in [-0.2, 0) is 19.1 Å². The maximum atomic E-state index is 11.8. The molecule has 1 aliphatic carbocycles. The second-order valence-corrected chi connectivity index (χ2v) is 6.32. The van der Waals surface area contributed by atoms with E-state index in [4.69, 9.17) is 9.47 Å². The van der Waals surface area contributed by atoms with Crippen LogP contribution in [0, 0.1) is 17.8 Å². The van der Waals surface area contributed by atoms with Crippen molar-refractivity contribution in [3.05, 3.63) is 12.2 Å². The van der Waals surface area contributed by atoms with Crippen LogP contribution in [0.25, 0.3) is 0 Å². The number of hydrogen-bond donors (Lipinski definition) is 0. The molecule has 0 aromatic heterocycles. The Hall–Kier alpha value is -1.32. The van der Waals surface area contributed by atoms with Gasteiger partial charge < -0.3 is 9.47 Å². The van der Waals surface area contributed by atoms with Gasteiger partial charge in [-0.15, -0.1) is 0 Å². The topological polar surface area (TPSA) is 52.6 Å². The molecule has 0 amide bonds. The van der Waals surface area contributed by atoms with Crippen molar-refractivity contribution in [3.8, 4) is 0 Å². The highest BCUT2D eigenvalue weighted by Crippen LogP contribution is 2.50. The van der Waals surface area contributed by atoms with Crippen molar-refractivity contribution in [1.82, 2.24) is 0 Å². The zero-order valence-corrected chi connectivity index (χ0v) is 11.5. The fourth-order valence-corrected chi connectivity index (χ4v) is 4.14. The van der Waals surface area contributed by atoms with E-state index in [0.29, 0.717) is 17.9 Å². The largest absolute Gasteiger partial charge is 0.455 e. The van der Waals surface area contributed by atoms with E-state index in [1.54, 1.807) is 0 Å². The summed E-state index contributed by atoms with van der Waals surface area (Å²) >= 11 is 0. The molecule has 5 atom stereocenters. The predicted molar refractivity (Wildman–Crippen MR) is 68.1 cm³/mol. The number of esters is 2. The molecular weight excluding hydrogens is 244 g/mol. The lowest BCUT2D eigenvalue weighted by Crippen LogP contribution is -2.55. The zero-order chi connectivity index (χ0) is 13.8. The van der Waals surface area contributed by atoms with Gasteiger partial charge in [0.05, 0.1) is 0 Å². The summed E-state index contributed by atoms with van der Waals surface area (Å²) in [6.45, 7) is 7.99. The maximum absolute atomic E-state index is 11.8. The van der Waals surface area contributed by atoms with Crippen LogP contribution in [0.3, 0.4) is 0 Å². The summed E-state index contributed by atoms with van der Waals surface area (Å²) in [6.07, 6.45) is 2.85. The average molecular weight is 264 g/mol. The number of rotatable bonds is 0. The Morgan fingerprint density at radius 3 is 2.74 bits per heavy atom. The van der Waals surface area contributed by atoms with Gasteiger partial charge in [0.25, 0.3) is 0 Å². The summed E-state index contributed by atoms with van der Waals surface area (Å²) in [5.41, 5.74) is -0.147. The molecule has 1 saturated carbocycles. The lowest BCUT2D eigenvalue weighted by atomic mass is 9.72. The Morgan fingerprint density at radius 2 is 2.00 bits per heavy atom. The minimum atomic E-state index is -0.689. The van der Waals surface area contributed by atoms with Gasteiger partial charge in [0.1, 0.15) is 11.7 Å². The summed E-state index contributed by atoms with van der Waals surface area (Å²) in [5, 5.41) is 0. The molecule has 2 aliphatic heterocycles. The highest BCUT2D eigenvalue weighted by Gasteiger charge is 2.59. The molecule has 0 unspecified atom stereocenters. The molecule has 2 heterocycles. The van der Waals surface area contributed by atoms with Crippen molar-refractivity contribution < 1.29 is 19.1 Å². The minimum absolute atomic E-state index is 0.00384. The first-order valence-corrected chi connectivity index (χ1v) is 7.05. The van der Waals surface area contributed by atoms with E-state index in [1.807, 2.05) is 6.92 Å². The summed E-state index contributed by atoms with van der Waals surface area (Å²) in [6, 6.07) is 0. The predicted octanol–water partition coefficient (Wildman–Crippen LogP) is 2.23. The Labute approximate surface area is 113 Å². The summed E-state index contributed by atoms with van der Waals surface area (Å²) in [5.74, 6) is 0.219. The van der Waals surface area contributed by atoms with Crippen molar-refractivity contribution in [1.29, 1.82) is 0 Å².